The van der Waals surface area contributed by atoms with E-state index in [1.54, 1.807) is 22.8 Å². The van der Waals surface area contributed by atoms with Gasteiger partial charge in [0, 0.05) is 24.8 Å². The number of carbonyl (C=O) groups excluding carboxylic acids is 1. The lowest BCUT2D eigenvalue weighted by Gasteiger charge is -2.31. The number of aromatic nitrogens is 6. The molecule has 3 aromatic heterocycles. The van der Waals surface area contributed by atoms with E-state index in [1.807, 2.05) is 22.1 Å². The van der Waals surface area contributed by atoms with Crippen molar-refractivity contribution in [2.24, 2.45) is 11.8 Å². The minimum absolute atomic E-state index is 0.00226. The van der Waals surface area contributed by atoms with E-state index in [9.17, 15) is 9.18 Å². The Bertz CT molecular complexity index is 1440. The Balaban J connectivity index is 1.31. The van der Waals surface area contributed by atoms with Gasteiger partial charge in [0.2, 0.25) is 0 Å². The molecule has 0 saturated carbocycles. The number of likely N-dealkylation sites (tertiary alicyclic amines) is 1. The Morgan fingerprint density at radius 1 is 1.16 bits per heavy atom. The van der Waals surface area contributed by atoms with E-state index >= 15 is 0 Å². The SMILES string of the molecule is CC(C)[C@H]1CN(CC2CCN(C)CC2)C(=O)N1c1ccn2ncc(-c3ccc(-c4nc[nH]n4)c(F)c3)c2n1. The first kappa shape index (κ1) is 24.5. The molecule has 4 aromatic rings. The van der Waals surface area contributed by atoms with Crippen LogP contribution in [0.3, 0.4) is 0 Å². The number of aromatic amines is 1. The normalized spacial score (nSPS) is 19.4. The highest BCUT2D eigenvalue weighted by molar-refractivity contribution is 5.94. The summed E-state index contributed by atoms with van der Waals surface area (Å²) in [4.78, 5) is 28.8. The molecule has 2 aliphatic heterocycles. The van der Waals surface area contributed by atoms with Crippen molar-refractivity contribution in [2.75, 3.05) is 38.1 Å². The third kappa shape index (κ3) is 4.40. The van der Waals surface area contributed by atoms with Crippen molar-refractivity contribution in [3.8, 4) is 22.5 Å². The summed E-state index contributed by atoms with van der Waals surface area (Å²) in [5.74, 6) is 1.24. The molecule has 0 unspecified atom stereocenters. The van der Waals surface area contributed by atoms with Gasteiger partial charge in [-0.2, -0.15) is 10.2 Å². The molecule has 0 aliphatic carbocycles. The average Bonchev–Trinajstić information content (AvgIpc) is 3.65. The molecule has 0 spiro atoms. The molecule has 38 heavy (non-hydrogen) atoms. The number of nitrogens with zero attached hydrogens (tertiary/aromatic N) is 8. The number of carbonyl (C=O) groups is 1. The summed E-state index contributed by atoms with van der Waals surface area (Å²) >= 11 is 0. The van der Waals surface area contributed by atoms with Gasteiger partial charge in [-0.05, 0) is 68.6 Å². The summed E-state index contributed by atoms with van der Waals surface area (Å²) in [6.45, 7) is 7.91. The van der Waals surface area contributed by atoms with Crippen LogP contribution in [0.5, 0.6) is 0 Å². The molecule has 2 saturated heterocycles. The second-order valence-corrected chi connectivity index (χ2v) is 10.7. The molecular weight excluding hydrogens is 485 g/mol. The first-order valence-electron chi connectivity index (χ1n) is 13.2. The maximum absolute atomic E-state index is 15.0. The molecule has 2 fully saturated rings. The summed E-state index contributed by atoms with van der Waals surface area (Å²) < 4.78 is 16.6. The van der Waals surface area contributed by atoms with Crippen LogP contribution in [0, 0.1) is 17.7 Å². The molecule has 1 aromatic carbocycles. The second kappa shape index (κ2) is 9.79. The highest BCUT2D eigenvalue weighted by atomic mass is 19.1. The van der Waals surface area contributed by atoms with Crippen molar-refractivity contribution in [3.05, 3.63) is 48.8 Å². The molecule has 198 valence electrons. The topological polar surface area (TPSA) is 98.6 Å². The third-order valence-electron chi connectivity index (χ3n) is 7.84. The Morgan fingerprint density at radius 3 is 2.68 bits per heavy atom. The number of hydrogen-bond donors (Lipinski definition) is 1. The zero-order valence-electron chi connectivity index (χ0n) is 21.9. The molecule has 1 N–H and O–H groups in total. The van der Waals surface area contributed by atoms with Crippen LogP contribution >= 0.6 is 0 Å². The fourth-order valence-electron chi connectivity index (χ4n) is 5.57. The van der Waals surface area contributed by atoms with Gasteiger partial charge in [-0.1, -0.05) is 19.9 Å². The molecule has 5 heterocycles. The van der Waals surface area contributed by atoms with Crippen LogP contribution in [0.15, 0.2) is 43.0 Å². The minimum atomic E-state index is -0.434. The maximum Gasteiger partial charge on any atom is 0.326 e. The summed E-state index contributed by atoms with van der Waals surface area (Å²) in [6.07, 6.45) is 7.12. The Hall–Kier alpha value is -3.86. The largest absolute Gasteiger partial charge is 0.326 e. The van der Waals surface area contributed by atoms with E-state index in [2.05, 4.69) is 46.1 Å². The molecule has 0 radical (unpaired) electrons. The van der Waals surface area contributed by atoms with Crippen molar-refractivity contribution in [1.82, 2.24) is 39.6 Å². The fourth-order valence-corrected chi connectivity index (χ4v) is 5.57. The number of anilines is 1. The predicted molar refractivity (Wildman–Crippen MR) is 142 cm³/mol. The van der Waals surface area contributed by atoms with Crippen molar-refractivity contribution in [1.29, 1.82) is 0 Å². The van der Waals surface area contributed by atoms with E-state index in [4.69, 9.17) is 4.98 Å². The standard InChI is InChI=1S/C27H32FN9O/c1-17(2)23-15-35(14-18-6-9-34(3)10-7-18)27(38)37(23)24-8-11-36-26(32-24)21(13-31-36)19-4-5-20(22(28)12-19)25-29-16-30-33-25/h4-5,8,11-13,16-18,23H,6-7,9-10,14-15H2,1-3H3,(H,29,30,33)/t23-/m1/s1. The molecule has 2 aliphatic rings. The van der Waals surface area contributed by atoms with Crippen molar-refractivity contribution < 1.29 is 9.18 Å². The van der Waals surface area contributed by atoms with E-state index in [0.29, 0.717) is 46.4 Å². The zero-order valence-corrected chi connectivity index (χ0v) is 21.9. The number of hydrogen-bond acceptors (Lipinski definition) is 6. The second-order valence-electron chi connectivity index (χ2n) is 10.7. The van der Waals surface area contributed by atoms with Crippen molar-refractivity contribution in [3.63, 3.8) is 0 Å². The molecular formula is C27H32FN9O. The van der Waals surface area contributed by atoms with Crippen LogP contribution in [-0.2, 0) is 0 Å². The molecule has 2 amide bonds. The van der Waals surface area contributed by atoms with Gasteiger partial charge in [-0.3, -0.25) is 10.00 Å². The lowest BCUT2D eigenvalue weighted by Crippen LogP contribution is -2.40. The van der Waals surface area contributed by atoms with E-state index in [0.717, 1.165) is 32.5 Å². The zero-order chi connectivity index (χ0) is 26.4. The maximum atomic E-state index is 15.0. The van der Waals surface area contributed by atoms with Crippen LogP contribution in [0.1, 0.15) is 26.7 Å². The Morgan fingerprint density at radius 2 is 1.97 bits per heavy atom. The first-order valence-corrected chi connectivity index (χ1v) is 13.2. The highest BCUT2D eigenvalue weighted by Crippen LogP contribution is 2.32. The van der Waals surface area contributed by atoms with Crippen LogP contribution in [-0.4, -0.2) is 84.9 Å². The van der Waals surface area contributed by atoms with Gasteiger partial charge in [0.25, 0.3) is 0 Å². The fraction of sp³-hybridized carbons (Fsp3) is 0.444. The Labute approximate surface area is 220 Å². The lowest BCUT2D eigenvalue weighted by atomic mass is 9.96. The van der Waals surface area contributed by atoms with Gasteiger partial charge in [0.1, 0.15) is 18.0 Å². The van der Waals surface area contributed by atoms with Crippen LogP contribution < -0.4 is 4.90 Å². The predicted octanol–water partition coefficient (Wildman–Crippen LogP) is 3.93. The average molecular weight is 518 g/mol. The summed E-state index contributed by atoms with van der Waals surface area (Å²) in [6, 6.07) is 6.76. The van der Waals surface area contributed by atoms with E-state index in [-0.39, 0.29) is 18.0 Å². The van der Waals surface area contributed by atoms with Crippen LogP contribution in [0.2, 0.25) is 0 Å². The smallest absolute Gasteiger partial charge is 0.322 e. The molecule has 0 bridgehead atoms. The van der Waals surface area contributed by atoms with Gasteiger partial charge in [0.05, 0.1) is 17.8 Å². The number of benzene rings is 1. The number of H-pyrrole nitrogens is 1. The number of halogens is 1. The molecule has 1 atom stereocenters. The summed E-state index contributed by atoms with van der Waals surface area (Å²) in [5.41, 5.74) is 2.20. The number of urea groups is 1. The van der Waals surface area contributed by atoms with E-state index < -0.39 is 5.82 Å². The van der Waals surface area contributed by atoms with Crippen LogP contribution in [0.4, 0.5) is 15.0 Å². The number of rotatable bonds is 6. The summed E-state index contributed by atoms with van der Waals surface area (Å²) in [5, 5.41) is 11.0. The Kier molecular flexibility index (Phi) is 6.30. The third-order valence-corrected chi connectivity index (χ3v) is 7.84. The van der Waals surface area contributed by atoms with Crippen LogP contribution in [0.25, 0.3) is 28.2 Å². The van der Waals surface area contributed by atoms with Gasteiger partial charge in [-0.15, -0.1) is 0 Å². The van der Waals surface area contributed by atoms with Gasteiger partial charge in [-0.25, -0.2) is 23.7 Å². The minimum Gasteiger partial charge on any atom is -0.322 e. The molecule has 6 rings (SSSR count). The van der Waals surface area contributed by atoms with Crippen molar-refractivity contribution >= 4 is 17.5 Å². The van der Waals surface area contributed by atoms with Crippen molar-refractivity contribution in [2.45, 2.75) is 32.7 Å². The number of nitrogens with one attached hydrogen (secondary N) is 1. The molecule has 10 nitrogen and oxygen atoms in total. The van der Waals surface area contributed by atoms with Gasteiger partial charge in [0.15, 0.2) is 11.5 Å². The quantitative estimate of drug-likeness (QED) is 0.416. The number of fused-ring (bicyclic) bond motifs is 1. The van der Waals surface area contributed by atoms with E-state index in [1.165, 1.54) is 12.4 Å². The monoisotopic (exact) mass is 517 g/mol. The number of piperidine rings is 1. The van der Waals surface area contributed by atoms with Gasteiger partial charge < -0.3 is 9.80 Å². The number of amides is 2. The lowest BCUT2D eigenvalue weighted by molar-refractivity contribution is 0.173. The molecule has 11 heteroatoms. The highest BCUT2D eigenvalue weighted by Gasteiger charge is 2.41. The van der Waals surface area contributed by atoms with Gasteiger partial charge >= 0.3 is 6.03 Å². The first-order chi connectivity index (χ1) is 18.4. The summed E-state index contributed by atoms with van der Waals surface area (Å²) in [7, 11) is 2.15.